The highest BCUT2D eigenvalue weighted by atomic mass is 32.1. The summed E-state index contributed by atoms with van der Waals surface area (Å²) < 4.78 is 5.25. The number of anilines is 1. The Bertz CT molecular complexity index is 738. The van der Waals surface area contributed by atoms with Crippen LogP contribution in [0.25, 0.3) is 10.8 Å². The van der Waals surface area contributed by atoms with Gasteiger partial charge in [-0.1, -0.05) is 17.3 Å². The third kappa shape index (κ3) is 3.09. The molecular formula is C14H14N4O2S. The normalized spacial score (nSPS) is 10.8. The Labute approximate surface area is 125 Å². The van der Waals surface area contributed by atoms with E-state index < -0.39 is 0 Å². The Kier molecular flexibility index (Phi) is 3.94. The lowest BCUT2D eigenvalue weighted by molar-refractivity contribution is 0.282. The van der Waals surface area contributed by atoms with E-state index in [1.807, 2.05) is 31.2 Å². The molecule has 0 bridgehead atoms. The van der Waals surface area contributed by atoms with Gasteiger partial charge in [0.2, 0.25) is 0 Å². The highest BCUT2D eigenvalue weighted by Crippen LogP contribution is 2.25. The summed E-state index contributed by atoms with van der Waals surface area (Å²) in [6.45, 7) is 2.39. The maximum absolute atomic E-state index is 9.11. The average Bonchev–Trinajstić information content (AvgIpc) is 3.14. The van der Waals surface area contributed by atoms with E-state index in [0.717, 1.165) is 21.8 Å². The van der Waals surface area contributed by atoms with Crippen LogP contribution in [0.3, 0.4) is 0 Å². The number of hydrogen-bond acceptors (Lipinski definition) is 7. The number of nitrogens with one attached hydrogen (secondary N) is 1. The van der Waals surface area contributed by atoms with Crippen molar-refractivity contribution in [1.82, 2.24) is 15.1 Å². The minimum absolute atomic E-state index is 0.0204. The van der Waals surface area contributed by atoms with Crippen molar-refractivity contribution in [3.8, 4) is 10.8 Å². The summed E-state index contributed by atoms with van der Waals surface area (Å²) >= 11 is 1.48. The number of aryl methyl sites for hydroxylation is 1. The molecule has 0 amide bonds. The molecule has 0 atom stereocenters. The monoisotopic (exact) mass is 302 g/mol. The van der Waals surface area contributed by atoms with Gasteiger partial charge in [0.1, 0.15) is 4.88 Å². The second kappa shape index (κ2) is 6.02. The minimum atomic E-state index is 0.0204. The maximum atomic E-state index is 9.11. The molecule has 0 saturated carbocycles. The van der Waals surface area contributed by atoms with Crippen molar-refractivity contribution < 1.29 is 9.63 Å². The molecule has 21 heavy (non-hydrogen) atoms. The van der Waals surface area contributed by atoms with E-state index in [-0.39, 0.29) is 6.61 Å². The fourth-order valence-corrected chi connectivity index (χ4v) is 2.61. The lowest BCUT2D eigenvalue weighted by Crippen LogP contribution is -2.01. The smallest absolute Gasteiger partial charge is 0.269 e. The predicted molar refractivity (Wildman–Crippen MR) is 79.8 cm³/mol. The summed E-state index contributed by atoms with van der Waals surface area (Å²) in [5.74, 6) is 1.07. The fourth-order valence-electron chi connectivity index (χ4n) is 1.89. The van der Waals surface area contributed by atoms with Crippen LogP contribution in [-0.2, 0) is 13.2 Å². The van der Waals surface area contributed by atoms with Gasteiger partial charge in [0.25, 0.3) is 5.89 Å². The summed E-state index contributed by atoms with van der Waals surface area (Å²) in [7, 11) is 0. The van der Waals surface area contributed by atoms with Gasteiger partial charge in [0, 0.05) is 5.69 Å². The molecule has 108 valence electrons. The molecule has 1 aromatic carbocycles. The van der Waals surface area contributed by atoms with Crippen molar-refractivity contribution in [2.24, 2.45) is 0 Å². The van der Waals surface area contributed by atoms with Crippen molar-refractivity contribution >= 4 is 17.0 Å². The van der Waals surface area contributed by atoms with Crippen molar-refractivity contribution in [2.75, 3.05) is 5.32 Å². The van der Waals surface area contributed by atoms with Crippen LogP contribution in [0, 0.1) is 6.92 Å². The molecule has 3 rings (SSSR count). The summed E-state index contributed by atoms with van der Waals surface area (Å²) in [5, 5.41) is 16.3. The van der Waals surface area contributed by atoms with Crippen molar-refractivity contribution in [3.05, 3.63) is 46.9 Å². The summed E-state index contributed by atoms with van der Waals surface area (Å²) in [6, 6.07) is 7.56. The molecule has 0 spiro atoms. The zero-order valence-electron chi connectivity index (χ0n) is 11.4. The first kappa shape index (κ1) is 13.7. The maximum Gasteiger partial charge on any atom is 0.269 e. The molecule has 2 aromatic heterocycles. The van der Waals surface area contributed by atoms with Gasteiger partial charge < -0.3 is 14.9 Å². The zero-order valence-corrected chi connectivity index (χ0v) is 12.2. The fraction of sp³-hybridized carbons (Fsp3) is 0.214. The molecule has 7 heteroatoms. The molecule has 0 radical (unpaired) electrons. The van der Waals surface area contributed by atoms with Crippen LogP contribution < -0.4 is 5.32 Å². The van der Waals surface area contributed by atoms with E-state index in [4.69, 9.17) is 9.63 Å². The Morgan fingerprint density at radius 1 is 1.38 bits per heavy atom. The molecule has 0 aliphatic rings. The van der Waals surface area contributed by atoms with E-state index >= 15 is 0 Å². The molecule has 0 saturated heterocycles. The van der Waals surface area contributed by atoms with Crippen molar-refractivity contribution in [3.63, 3.8) is 0 Å². The van der Waals surface area contributed by atoms with Gasteiger partial charge in [-0.3, -0.25) is 0 Å². The van der Waals surface area contributed by atoms with E-state index in [9.17, 15) is 0 Å². The van der Waals surface area contributed by atoms with E-state index in [0.29, 0.717) is 18.3 Å². The van der Waals surface area contributed by atoms with E-state index in [1.165, 1.54) is 11.3 Å². The van der Waals surface area contributed by atoms with Crippen molar-refractivity contribution in [1.29, 1.82) is 0 Å². The molecule has 6 nitrogen and oxygen atoms in total. The highest BCUT2D eigenvalue weighted by molar-refractivity contribution is 7.13. The SMILES string of the molecule is Cc1ncsc1-c1nc(CNc2cccc(CO)c2)no1. The average molecular weight is 302 g/mol. The van der Waals surface area contributed by atoms with Crippen LogP contribution in [-0.4, -0.2) is 20.2 Å². The molecule has 0 aliphatic carbocycles. The first-order valence-electron chi connectivity index (χ1n) is 6.43. The Hall–Kier alpha value is -2.25. The third-order valence-corrected chi connectivity index (χ3v) is 3.88. The molecule has 2 heterocycles. The van der Waals surface area contributed by atoms with Gasteiger partial charge in [-0.15, -0.1) is 11.3 Å². The molecule has 0 fully saturated rings. The van der Waals surface area contributed by atoms with E-state index in [1.54, 1.807) is 5.51 Å². The summed E-state index contributed by atoms with van der Waals surface area (Å²) in [5.41, 5.74) is 4.41. The first-order chi connectivity index (χ1) is 10.3. The minimum Gasteiger partial charge on any atom is -0.392 e. The summed E-state index contributed by atoms with van der Waals surface area (Å²) in [6.07, 6.45) is 0. The lowest BCUT2D eigenvalue weighted by atomic mass is 10.2. The van der Waals surface area contributed by atoms with Crippen LogP contribution in [0.4, 0.5) is 5.69 Å². The second-order valence-electron chi connectivity index (χ2n) is 4.49. The van der Waals surface area contributed by atoms with Crippen molar-refractivity contribution in [2.45, 2.75) is 20.1 Å². The van der Waals surface area contributed by atoms with Gasteiger partial charge >= 0.3 is 0 Å². The number of thiazole rings is 1. The van der Waals surface area contributed by atoms with Crippen LogP contribution >= 0.6 is 11.3 Å². The van der Waals surface area contributed by atoms with E-state index in [2.05, 4.69) is 20.4 Å². The predicted octanol–water partition coefficient (Wildman–Crippen LogP) is 2.61. The third-order valence-electron chi connectivity index (χ3n) is 2.97. The van der Waals surface area contributed by atoms with Gasteiger partial charge in [-0.25, -0.2) is 4.98 Å². The number of aliphatic hydroxyl groups is 1. The Balaban J connectivity index is 1.69. The second-order valence-corrected chi connectivity index (χ2v) is 5.35. The van der Waals surface area contributed by atoms with Crippen LogP contribution in [0.1, 0.15) is 17.1 Å². The Morgan fingerprint density at radius 3 is 3.05 bits per heavy atom. The molecule has 0 unspecified atom stereocenters. The van der Waals surface area contributed by atoms with Crippen LogP contribution in [0.15, 0.2) is 34.3 Å². The van der Waals surface area contributed by atoms with Gasteiger partial charge in [-0.2, -0.15) is 4.98 Å². The topological polar surface area (TPSA) is 84.1 Å². The van der Waals surface area contributed by atoms with Gasteiger partial charge in [0.05, 0.1) is 24.4 Å². The number of rotatable bonds is 5. The Morgan fingerprint density at radius 2 is 2.29 bits per heavy atom. The van der Waals surface area contributed by atoms with Crippen LogP contribution in [0.5, 0.6) is 0 Å². The molecular weight excluding hydrogens is 288 g/mol. The zero-order chi connectivity index (χ0) is 14.7. The highest BCUT2D eigenvalue weighted by Gasteiger charge is 2.13. The first-order valence-corrected chi connectivity index (χ1v) is 7.31. The number of hydrogen-bond donors (Lipinski definition) is 2. The number of aliphatic hydroxyl groups excluding tert-OH is 1. The molecule has 2 N–H and O–H groups in total. The number of aromatic nitrogens is 3. The lowest BCUT2D eigenvalue weighted by Gasteiger charge is -2.04. The van der Waals surface area contributed by atoms with Gasteiger partial charge in [0.15, 0.2) is 5.82 Å². The summed E-state index contributed by atoms with van der Waals surface area (Å²) in [4.78, 5) is 9.42. The number of nitrogens with zero attached hydrogens (tertiary/aromatic N) is 3. The molecule has 0 aliphatic heterocycles. The quantitative estimate of drug-likeness (QED) is 0.753. The molecule has 3 aromatic rings. The van der Waals surface area contributed by atoms with Crippen LogP contribution in [0.2, 0.25) is 0 Å². The standard InChI is InChI=1S/C14H14N4O2S/c1-9-13(21-8-16-9)14-17-12(18-20-14)6-15-11-4-2-3-10(5-11)7-19/h2-5,8,15,19H,6-7H2,1H3. The largest absolute Gasteiger partial charge is 0.392 e. The number of benzene rings is 1. The van der Waals surface area contributed by atoms with Gasteiger partial charge in [-0.05, 0) is 24.6 Å².